The smallest absolute Gasteiger partial charge is 0.408 e. The zero-order valence-electron chi connectivity index (χ0n) is 37.2. The summed E-state index contributed by atoms with van der Waals surface area (Å²) in [4.78, 5) is 28.4. The monoisotopic (exact) mass is 1010 g/mol. The van der Waals surface area contributed by atoms with Gasteiger partial charge in [-0.1, -0.05) is 83.9 Å². The highest BCUT2D eigenvalue weighted by molar-refractivity contribution is 7.89. The Morgan fingerprint density at radius 1 is 0.826 bits per heavy atom. The quantitative estimate of drug-likeness (QED) is 0.0536. The van der Waals surface area contributed by atoms with Crippen molar-refractivity contribution in [1.82, 2.24) is 14.5 Å². The number of carboxylic acid groups (broad SMARTS) is 1. The molecule has 5 fully saturated rings. The van der Waals surface area contributed by atoms with E-state index in [-0.39, 0.29) is 64.6 Å². The highest BCUT2D eigenvalue weighted by Crippen LogP contribution is 2.46. The SMILES string of the molecule is O=C(N[C@@H](c1ccccc1)c1cccc(OCc2ccc(S(=O)(=O)N3CC(C(=O)O)C3[C@@H](Cc3c(Cl)c[n+](O)cc3Cl)c3ccc(OC(F)F)c(OCC4CC4)c3)cc2)c1)O[C@H]1CN2CCC1CC2. The minimum absolute atomic E-state index is 0.0134. The van der Waals surface area contributed by atoms with E-state index in [0.717, 1.165) is 60.7 Å². The average molecular weight is 1010 g/mol. The lowest BCUT2D eigenvalue weighted by Gasteiger charge is -2.48. The molecular formula is C50H51Cl2F2N4O10S+. The first-order chi connectivity index (χ1) is 33.2. The molecule has 5 heterocycles. The lowest BCUT2D eigenvalue weighted by Crippen LogP contribution is -2.63. The van der Waals surface area contributed by atoms with E-state index < -0.39 is 52.6 Å². The zero-order valence-corrected chi connectivity index (χ0v) is 39.5. The first kappa shape index (κ1) is 48.3. The van der Waals surface area contributed by atoms with Crippen LogP contribution in [-0.2, 0) is 32.6 Å². The zero-order chi connectivity index (χ0) is 48.4. The second-order valence-electron chi connectivity index (χ2n) is 18.0. The van der Waals surface area contributed by atoms with Gasteiger partial charge in [-0.25, -0.2) is 13.2 Å². The van der Waals surface area contributed by atoms with Crippen molar-refractivity contribution in [1.29, 1.82) is 0 Å². The second kappa shape index (κ2) is 20.7. The molecule has 10 rings (SSSR count). The summed E-state index contributed by atoms with van der Waals surface area (Å²) >= 11 is 13.1. The maximum absolute atomic E-state index is 14.6. The van der Waals surface area contributed by atoms with Crippen molar-refractivity contribution in [2.24, 2.45) is 17.8 Å². The predicted octanol–water partition coefficient (Wildman–Crippen LogP) is 8.50. The summed E-state index contributed by atoms with van der Waals surface area (Å²) in [5, 5.41) is 23.7. The van der Waals surface area contributed by atoms with E-state index in [1.165, 1.54) is 42.7 Å². The fourth-order valence-corrected chi connectivity index (χ4v) is 11.9. The van der Waals surface area contributed by atoms with Crippen molar-refractivity contribution >= 4 is 45.3 Å². The van der Waals surface area contributed by atoms with Crippen LogP contribution in [0.3, 0.4) is 0 Å². The van der Waals surface area contributed by atoms with Crippen molar-refractivity contribution < 1.29 is 60.8 Å². The van der Waals surface area contributed by atoms with Crippen LogP contribution in [0, 0.1) is 17.8 Å². The Hall–Kier alpha value is -5.72. The number of alkyl carbamates (subject to hydrolysis) is 1. The van der Waals surface area contributed by atoms with Crippen LogP contribution in [-0.4, -0.2) is 91.5 Å². The number of carbonyl (C=O) groups excluding carboxylic acids is 1. The van der Waals surface area contributed by atoms with E-state index in [4.69, 9.17) is 42.1 Å². The lowest BCUT2D eigenvalue weighted by atomic mass is 9.75. The highest BCUT2D eigenvalue weighted by atomic mass is 35.5. The van der Waals surface area contributed by atoms with Gasteiger partial charge < -0.3 is 29.4 Å². The van der Waals surface area contributed by atoms with Gasteiger partial charge in [0.25, 0.3) is 0 Å². The van der Waals surface area contributed by atoms with Gasteiger partial charge in [-0.15, -0.1) is 0 Å². The molecule has 4 aliphatic heterocycles. The standard InChI is InChI=1S/C50H50Cl2F2N4O10S/c51-41-25-57(62)26-42(52)39(41)23-38(34-13-16-43(67-49(53)54)44(22-34)66-29-30-9-10-30)47-40(48(59)60)24-58(47)69(63,64)37-14-11-31(12-15-37)28-65-36-8-4-7-35(21-36)46(33-5-2-1-3-6-33)55-50(61)68-45-27-56-19-17-32(45)18-20-56/h1-8,11-16,21-22,25-26,30,32,38,40,45-47,49H,9-10,17-20,23-24,27-29H2,(H2-,55,59,60,61,62)/p+1/t38-,40?,45-,46-,47?/m0/s1. The van der Waals surface area contributed by atoms with Gasteiger partial charge in [0, 0.05) is 35.3 Å². The molecule has 4 aromatic carbocycles. The van der Waals surface area contributed by atoms with Crippen LogP contribution in [0.5, 0.6) is 17.2 Å². The maximum Gasteiger partial charge on any atom is 0.408 e. The molecule has 5 aromatic rings. The molecule has 1 saturated carbocycles. The molecule has 4 saturated heterocycles. The number of rotatable bonds is 19. The topological polar surface area (TPSA) is 168 Å². The number of halogens is 4. The van der Waals surface area contributed by atoms with Crippen molar-refractivity contribution in [3.63, 3.8) is 0 Å². The summed E-state index contributed by atoms with van der Waals surface area (Å²) < 4.78 is 80.8. The Morgan fingerprint density at radius 3 is 2.19 bits per heavy atom. The van der Waals surface area contributed by atoms with Crippen LogP contribution in [0.25, 0.3) is 0 Å². The number of amides is 1. The van der Waals surface area contributed by atoms with Crippen LogP contribution in [0.15, 0.2) is 114 Å². The fourth-order valence-electron chi connectivity index (χ4n) is 9.58. The van der Waals surface area contributed by atoms with Gasteiger partial charge in [-0.2, -0.15) is 13.1 Å². The van der Waals surface area contributed by atoms with Crippen LogP contribution in [0.4, 0.5) is 13.6 Å². The first-order valence-electron chi connectivity index (χ1n) is 22.8. The number of hydrogen-bond acceptors (Lipinski definition) is 10. The summed E-state index contributed by atoms with van der Waals surface area (Å²) in [7, 11) is -4.37. The number of carbonyl (C=O) groups is 2. The summed E-state index contributed by atoms with van der Waals surface area (Å²) in [6.45, 7) is -0.428. The minimum Gasteiger partial charge on any atom is -0.489 e. The fraction of sp³-hybridized carbons (Fsp3) is 0.380. The number of nitrogens with one attached hydrogen (secondary N) is 1. The van der Waals surface area contributed by atoms with E-state index >= 15 is 0 Å². The molecule has 2 unspecified atom stereocenters. The van der Waals surface area contributed by atoms with Gasteiger partial charge in [0.05, 0.1) is 23.5 Å². The van der Waals surface area contributed by atoms with Gasteiger partial charge in [0.2, 0.25) is 22.4 Å². The summed E-state index contributed by atoms with van der Waals surface area (Å²) in [5.74, 6) is -2.56. The second-order valence-corrected chi connectivity index (χ2v) is 20.8. The van der Waals surface area contributed by atoms with Gasteiger partial charge in [0.1, 0.15) is 28.5 Å². The lowest BCUT2D eigenvalue weighted by molar-refractivity contribution is -0.904. The molecule has 1 aliphatic carbocycles. The Bertz CT molecular complexity index is 2740. The normalized spacial score (nSPS) is 22.0. The van der Waals surface area contributed by atoms with E-state index in [9.17, 15) is 37.1 Å². The molecule has 69 heavy (non-hydrogen) atoms. The number of nitrogens with zero attached hydrogens (tertiary/aromatic N) is 3. The van der Waals surface area contributed by atoms with E-state index in [1.807, 2.05) is 48.5 Å². The number of hydrogen-bond donors (Lipinski definition) is 3. The number of ether oxygens (including phenoxy) is 4. The number of sulfonamides is 1. The average Bonchev–Trinajstić information content (AvgIpc) is 4.15. The number of pyridine rings is 1. The summed E-state index contributed by atoms with van der Waals surface area (Å²) in [6.07, 6.45) is 5.46. The van der Waals surface area contributed by atoms with Crippen molar-refractivity contribution in [2.75, 3.05) is 32.8 Å². The van der Waals surface area contributed by atoms with Crippen molar-refractivity contribution in [2.45, 2.75) is 74.3 Å². The molecule has 0 radical (unpaired) electrons. The molecule has 5 aliphatic rings. The van der Waals surface area contributed by atoms with Crippen molar-refractivity contribution in [3.8, 4) is 17.2 Å². The molecule has 1 amide bonds. The number of piperidine rings is 3. The first-order valence-corrected chi connectivity index (χ1v) is 25.0. The number of carboxylic acids is 1. The highest BCUT2D eigenvalue weighted by Gasteiger charge is 2.54. The number of aliphatic carboxylic acids is 1. The Morgan fingerprint density at radius 2 is 1.54 bits per heavy atom. The van der Waals surface area contributed by atoms with E-state index in [0.29, 0.717) is 33.1 Å². The molecule has 5 atom stereocenters. The van der Waals surface area contributed by atoms with Crippen molar-refractivity contribution in [3.05, 3.63) is 147 Å². The number of fused-ring (bicyclic) bond motifs is 3. The van der Waals surface area contributed by atoms with Crippen LogP contribution >= 0.6 is 23.2 Å². The molecule has 364 valence electrons. The molecule has 0 spiro atoms. The third-order valence-corrected chi connectivity index (χ3v) is 16.0. The number of aromatic nitrogens is 1. The summed E-state index contributed by atoms with van der Waals surface area (Å²) in [5.41, 5.74) is 2.91. The minimum atomic E-state index is -4.37. The number of benzene rings is 4. The molecule has 3 N–H and O–H groups in total. The Labute approximate surface area is 408 Å². The third-order valence-electron chi connectivity index (χ3n) is 13.5. The maximum atomic E-state index is 14.6. The van der Waals surface area contributed by atoms with Crippen LogP contribution in [0.1, 0.15) is 65.5 Å². The van der Waals surface area contributed by atoms with E-state index in [1.54, 1.807) is 18.2 Å². The van der Waals surface area contributed by atoms with Crippen LogP contribution < -0.4 is 24.3 Å². The largest absolute Gasteiger partial charge is 0.489 e. The predicted molar refractivity (Wildman–Crippen MR) is 248 cm³/mol. The van der Waals surface area contributed by atoms with E-state index in [2.05, 4.69) is 10.2 Å². The number of alkyl halides is 2. The Kier molecular flexibility index (Phi) is 14.5. The molecule has 14 nitrogen and oxygen atoms in total. The molecular weight excluding hydrogens is 958 g/mol. The van der Waals surface area contributed by atoms with Gasteiger partial charge in [-0.05, 0) is 116 Å². The molecule has 19 heteroatoms. The van der Waals surface area contributed by atoms with Gasteiger partial charge in [0.15, 0.2) is 11.5 Å². The third kappa shape index (κ3) is 11.2. The molecule has 1 aromatic heterocycles. The molecule has 2 bridgehead atoms. The summed E-state index contributed by atoms with van der Waals surface area (Å²) in [6, 6.07) is 25.4. The Balaban J connectivity index is 0.937. The van der Waals surface area contributed by atoms with Gasteiger partial charge >= 0.3 is 18.7 Å². The van der Waals surface area contributed by atoms with Crippen LogP contribution in [0.2, 0.25) is 10.0 Å². The van der Waals surface area contributed by atoms with Gasteiger partial charge in [-0.3, -0.25) is 14.9 Å².